The lowest BCUT2D eigenvalue weighted by atomic mass is 10.0. The molecule has 0 aliphatic heterocycles. The van der Waals surface area contributed by atoms with E-state index in [4.69, 9.17) is 9.47 Å². The molecule has 14 nitrogen and oxygen atoms in total. The summed E-state index contributed by atoms with van der Waals surface area (Å²) in [6, 6.07) is 7.45. The smallest absolute Gasteiger partial charge is 0.318 e. The number of hydrogen-bond acceptors (Lipinski definition) is 10. The molecule has 0 unspecified atom stereocenters. The van der Waals surface area contributed by atoms with Gasteiger partial charge >= 0.3 is 11.4 Å². The molecule has 0 radical (unpaired) electrons. The Morgan fingerprint density at radius 1 is 0.571 bits per heavy atom. The van der Waals surface area contributed by atoms with Crippen LogP contribution in [0.1, 0.15) is 16.7 Å². The molecule has 0 spiro atoms. The van der Waals surface area contributed by atoms with Crippen LogP contribution in [0.5, 0.6) is 23.0 Å². The molecule has 14 heteroatoms. The predicted molar refractivity (Wildman–Crippen MR) is 120 cm³/mol. The number of benzene rings is 3. The van der Waals surface area contributed by atoms with E-state index >= 15 is 0 Å². The van der Waals surface area contributed by atoms with Gasteiger partial charge in [0.1, 0.15) is 11.5 Å². The van der Waals surface area contributed by atoms with Crippen LogP contribution < -0.4 is 9.47 Å². The van der Waals surface area contributed by atoms with Gasteiger partial charge in [0, 0.05) is 12.1 Å². The monoisotopic (exact) mass is 484 g/mol. The average Bonchev–Trinajstić information content (AvgIpc) is 2.79. The molecule has 0 heterocycles. The topological polar surface area (TPSA) is 191 Å². The van der Waals surface area contributed by atoms with Gasteiger partial charge in [0.25, 0.3) is 11.4 Å². The first-order chi connectivity index (χ1) is 16.4. The summed E-state index contributed by atoms with van der Waals surface area (Å²) in [5, 5.41) is 44.7. The average molecular weight is 484 g/mol. The maximum absolute atomic E-state index is 11.4. The Balaban J connectivity index is 2.02. The fraction of sp³-hybridized carbons (Fsp3) is 0.143. The molecule has 0 atom stereocenters. The maximum atomic E-state index is 11.4. The minimum Gasteiger partial charge on any atom is -0.450 e. The predicted octanol–water partition coefficient (Wildman–Crippen LogP) is 5.83. The summed E-state index contributed by atoms with van der Waals surface area (Å²) < 4.78 is 11.5. The quantitative estimate of drug-likeness (QED) is 0.277. The second-order valence-electron chi connectivity index (χ2n) is 7.31. The maximum Gasteiger partial charge on any atom is 0.318 e. The van der Waals surface area contributed by atoms with Crippen LogP contribution in [-0.4, -0.2) is 19.7 Å². The first-order valence-corrected chi connectivity index (χ1v) is 9.72. The highest BCUT2D eigenvalue weighted by Gasteiger charge is 2.25. The zero-order valence-corrected chi connectivity index (χ0v) is 18.4. The van der Waals surface area contributed by atoms with Gasteiger partial charge in [0.2, 0.25) is 11.5 Å². The summed E-state index contributed by atoms with van der Waals surface area (Å²) in [4.78, 5) is 41.6. The highest BCUT2D eigenvalue weighted by atomic mass is 16.6. The van der Waals surface area contributed by atoms with Gasteiger partial charge in [-0.2, -0.15) is 0 Å². The first-order valence-electron chi connectivity index (χ1n) is 9.72. The number of nitro groups is 4. The van der Waals surface area contributed by atoms with Crippen LogP contribution in [0.3, 0.4) is 0 Å². The van der Waals surface area contributed by atoms with Crippen LogP contribution >= 0.6 is 0 Å². The van der Waals surface area contributed by atoms with Crippen LogP contribution in [0.2, 0.25) is 0 Å². The molecule has 0 aliphatic carbocycles. The molecule has 0 saturated carbocycles. The number of aryl methyl sites for hydroxylation is 1. The first kappa shape index (κ1) is 24.5. The lowest BCUT2D eigenvalue weighted by Crippen LogP contribution is -2.01. The van der Waals surface area contributed by atoms with E-state index in [-0.39, 0.29) is 23.0 Å². The Morgan fingerprint density at radius 2 is 1.03 bits per heavy atom. The molecule has 0 aromatic heterocycles. The van der Waals surface area contributed by atoms with E-state index in [1.54, 1.807) is 20.8 Å². The zero-order chi connectivity index (χ0) is 26.0. The summed E-state index contributed by atoms with van der Waals surface area (Å²) in [5.41, 5.74) is -0.739. The molecule has 0 aliphatic rings. The van der Waals surface area contributed by atoms with Crippen molar-refractivity contribution in [2.24, 2.45) is 0 Å². The number of non-ortho nitro benzene ring substituents is 2. The Labute approximate surface area is 195 Å². The minimum absolute atomic E-state index is 0.197. The van der Waals surface area contributed by atoms with Crippen LogP contribution in [0.25, 0.3) is 0 Å². The van der Waals surface area contributed by atoms with Crippen molar-refractivity contribution >= 4 is 22.7 Å². The number of nitrogens with zero attached hydrogens (tertiary/aromatic N) is 4. The van der Waals surface area contributed by atoms with E-state index in [1.807, 2.05) is 0 Å². The molecule has 0 bridgehead atoms. The molecule has 0 fully saturated rings. The van der Waals surface area contributed by atoms with Gasteiger partial charge in [0.15, 0.2) is 0 Å². The van der Waals surface area contributed by atoms with Crippen molar-refractivity contribution in [2.75, 3.05) is 0 Å². The van der Waals surface area contributed by atoms with E-state index in [0.717, 1.165) is 36.4 Å². The van der Waals surface area contributed by atoms with Gasteiger partial charge in [-0.15, -0.1) is 0 Å². The van der Waals surface area contributed by atoms with Crippen LogP contribution in [-0.2, 0) is 0 Å². The van der Waals surface area contributed by atoms with Crippen molar-refractivity contribution in [2.45, 2.75) is 20.8 Å². The van der Waals surface area contributed by atoms with Crippen molar-refractivity contribution in [1.82, 2.24) is 0 Å². The molecular weight excluding hydrogens is 468 g/mol. The van der Waals surface area contributed by atoms with E-state index in [1.165, 1.54) is 6.07 Å². The van der Waals surface area contributed by atoms with Gasteiger partial charge < -0.3 is 9.47 Å². The molecule has 180 valence electrons. The molecular formula is C21H16N4O10. The van der Waals surface area contributed by atoms with Crippen LogP contribution in [0.4, 0.5) is 22.7 Å². The zero-order valence-electron chi connectivity index (χ0n) is 18.4. The van der Waals surface area contributed by atoms with Crippen molar-refractivity contribution in [3.8, 4) is 23.0 Å². The molecule has 35 heavy (non-hydrogen) atoms. The second kappa shape index (κ2) is 9.38. The summed E-state index contributed by atoms with van der Waals surface area (Å²) >= 11 is 0. The van der Waals surface area contributed by atoms with E-state index < -0.39 is 42.4 Å². The van der Waals surface area contributed by atoms with Gasteiger partial charge in [-0.1, -0.05) is 0 Å². The highest BCUT2D eigenvalue weighted by molar-refractivity contribution is 5.60. The summed E-state index contributed by atoms with van der Waals surface area (Å²) in [7, 11) is 0. The molecule has 3 aromatic rings. The molecule has 3 rings (SSSR count). The fourth-order valence-electron chi connectivity index (χ4n) is 3.21. The van der Waals surface area contributed by atoms with Crippen LogP contribution in [0.15, 0.2) is 42.5 Å². The highest BCUT2D eigenvalue weighted by Crippen LogP contribution is 2.42. The molecule has 0 saturated heterocycles. The number of hydrogen-bond donors (Lipinski definition) is 0. The standard InChI is InChI=1S/C21H16N4O10/c1-11-8-20(34-18-6-4-14(22(26)27)9-16(18)24(30)31)12(2)13(3)21(11)35-19-7-5-15(23(28)29)10-17(19)25(32)33/h4-10H,1-3H3. The Bertz CT molecular complexity index is 1400. The summed E-state index contributed by atoms with van der Waals surface area (Å²) in [6.45, 7) is 4.86. The lowest BCUT2D eigenvalue weighted by Gasteiger charge is -2.17. The Hall–Kier alpha value is -5.14. The summed E-state index contributed by atoms with van der Waals surface area (Å²) in [6.07, 6.45) is 0. The largest absolute Gasteiger partial charge is 0.450 e. The van der Waals surface area contributed by atoms with Gasteiger partial charge in [0.05, 0.1) is 31.8 Å². The van der Waals surface area contributed by atoms with E-state index in [2.05, 4.69) is 0 Å². The van der Waals surface area contributed by atoms with E-state index in [9.17, 15) is 40.5 Å². The number of rotatable bonds is 8. The van der Waals surface area contributed by atoms with Crippen LogP contribution in [0, 0.1) is 61.2 Å². The van der Waals surface area contributed by atoms with Gasteiger partial charge in [-0.05, 0) is 55.7 Å². The SMILES string of the molecule is Cc1cc(Oc2ccc([N+](=O)[O-])cc2[N+](=O)[O-])c(C)c(C)c1Oc1ccc([N+](=O)[O-])cc1[N+](=O)[O-]. The van der Waals surface area contributed by atoms with Crippen molar-refractivity contribution < 1.29 is 29.2 Å². The third kappa shape index (κ3) is 4.95. The van der Waals surface area contributed by atoms with E-state index in [0.29, 0.717) is 16.7 Å². The lowest BCUT2D eigenvalue weighted by molar-refractivity contribution is -0.394. The van der Waals surface area contributed by atoms with Crippen molar-refractivity contribution in [3.05, 3.63) is 99.6 Å². The fourth-order valence-corrected chi connectivity index (χ4v) is 3.21. The third-order valence-corrected chi connectivity index (χ3v) is 5.11. The Morgan fingerprint density at radius 3 is 1.46 bits per heavy atom. The Kier molecular flexibility index (Phi) is 6.57. The molecule has 0 amide bonds. The van der Waals surface area contributed by atoms with Crippen molar-refractivity contribution in [1.29, 1.82) is 0 Å². The molecule has 3 aromatic carbocycles. The van der Waals surface area contributed by atoms with Crippen molar-refractivity contribution in [3.63, 3.8) is 0 Å². The number of ether oxygens (including phenoxy) is 2. The molecule has 0 N–H and O–H groups in total. The third-order valence-electron chi connectivity index (χ3n) is 5.11. The minimum atomic E-state index is -0.803. The second-order valence-corrected chi connectivity index (χ2v) is 7.31. The van der Waals surface area contributed by atoms with Gasteiger partial charge in [-0.3, -0.25) is 40.5 Å². The summed E-state index contributed by atoms with van der Waals surface area (Å²) in [5.74, 6) is -0.0134. The number of nitro benzene ring substituents is 4. The normalized spacial score (nSPS) is 10.5. The van der Waals surface area contributed by atoms with Gasteiger partial charge in [-0.25, -0.2) is 0 Å².